The van der Waals surface area contributed by atoms with E-state index >= 15 is 0 Å². The average Bonchev–Trinajstić information content (AvgIpc) is 3.24. The number of imidazole rings is 1. The molecule has 2 aromatic heterocycles. The maximum Gasteiger partial charge on any atom is 0.311 e. The molecule has 0 saturated heterocycles. The number of hydrogen-bond acceptors (Lipinski definition) is 7. The minimum absolute atomic E-state index is 0.0249. The van der Waals surface area contributed by atoms with Crippen molar-refractivity contribution in [3.63, 3.8) is 0 Å². The van der Waals surface area contributed by atoms with Gasteiger partial charge in [0.25, 0.3) is 0 Å². The van der Waals surface area contributed by atoms with Crippen molar-refractivity contribution in [1.29, 1.82) is 0 Å². The second kappa shape index (κ2) is 10.3. The molecule has 0 radical (unpaired) electrons. The van der Waals surface area contributed by atoms with Crippen molar-refractivity contribution in [2.75, 3.05) is 31.5 Å². The third-order valence-electron chi connectivity index (χ3n) is 6.32. The van der Waals surface area contributed by atoms with Crippen LogP contribution in [0.1, 0.15) is 33.6 Å². The summed E-state index contributed by atoms with van der Waals surface area (Å²) in [5.41, 5.74) is 2.73. The highest BCUT2D eigenvalue weighted by Gasteiger charge is 2.19. The van der Waals surface area contributed by atoms with Gasteiger partial charge in [-0.25, -0.2) is 4.98 Å². The number of rotatable bonds is 11. The Labute approximate surface area is 202 Å². The fourth-order valence-corrected chi connectivity index (χ4v) is 4.49. The number of carboxylic acid groups (broad SMARTS) is 1. The largest absolute Gasteiger partial charge is 0.481 e. The van der Waals surface area contributed by atoms with E-state index in [2.05, 4.69) is 29.0 Å². The van der Waals surface area contributed by atoms with Crippen LogP contribution in [0.25, 0.3) is 27.3 Å². The topological polar surface area (TPSA) is 113 Å². The lowest BCUT2D eigenvalue weighted by Gasteiger charge is -2.19. The lowest BCUT2D eigenvalue weighted by molar-refractivity contribution is -0.139. The average molecular weight is 479 g/mol. The van der Waals surface area contributed by atoms with Crippen LogP contribution in [0.5, 0.6) is 5.75 Å². The zero-order chi connectivity index (χ0) is 25.1. The minimum Gasteiger partial charge on any atom is -0.481 e. The highest BCUT2D eigenvalue weighted by molar-refractivity contribution is 6.07. The van der Waals surface area contributed by atoms with E-state index in [1.807, 2.05) is 16.5 Å². The van der Waals surface area contributed by atoms with Gasteiger partial charge in [0.15, 0.2) is 5.43 Å². The summed E-state index contributed by atoms with van der Waals surface area (Å²) in [6.45, 7) is 9.39. The van der Waals surface area contributed by atoms with E-state index in [-0.39, 0.29) is 29.9 Å². The molecule has 0 bridgehead atoms. The number of likely N-dealkylation sites (N-methyl/N-ethyl adjacent to an activating group) is 1. The van der Waals surface area contributed by atoms with Crippen molar-refractivity contribution in [2.45, 2.75) is 33.6 Å². The van der Waals surface area contributed by atoms with Crippen molar-refractivity contribution in [2.24, 2.45) is 5.92 Å². The summed E-state index contributed by atoms with van der Waals surface area (Å²) < 4.78 is 7.33. The molecule has 0 amide bonds. The Morgan fingerprint density at radius 2 is 1.94 bits per heavy atom. The Morgan fingerprint density at radius 1 is 1.17 bits per heavy atom. The van der Waals surface area contributed by atoms with Crippen LogP contribution in [0.2, 0.25) is 0 Å². The molecule has 2 heterocycles. The van der Waals surface area contributed by atoms with E-state index < -0.39 is 11.9 Å². The van der Waals surface area contributed by atoms with Gasteiger partial charge in [-0.15, -0.1) is 0 Å². The molecule has 1 atom stereocenters. The van der Waals surface area contributed by atoms with Crippen LogP contribution in [-0.4, -0.2) is 57.5 Å². The Morgan fingerprint density at radius 3 is 2.66 bits per heavy atom. The van der Waals surface area contributed by atoms with E-state index in [4.69, 9.17) is 9.84 Å². The first-order chi connectivity index (χ1) is 16.8. The quantitative estimate of drug-likeness (QED) is 0.191. The maximum absolute atomic E-state index is 13.7. The van der Waals surface area contributed by atoms with Gasteiger partial charge in [0.1, 0.15) is 12.1 Å². The number of carboxylic acids is 1. The van der Waals surface area contributed by atoms with E-state index in [1.54, 1.807) is 31.5 Å². The number of nitrogens with zero attached hydrogens (tertiary/aromatic N) is 3. The second-order valence-electron chi connectivity index (χ2n) is 8.81. The number of hydrogen-bond donors (Lipinski definition) is 2. The maximum atomic E-state index is 13.7. The van der Waals surface area contributed by atoms with Crippen LogP contribution < -0.4 is 15.5 Å². The Bertz CT molecular complexity index is 1430. The molecule has 0 fully saturated rings. The number of aromatic nitrogens is 2. The van der Waals surface area contributed by atoms with E-state index in [1.165, 1.54) is 0 Å². The number of nitrogens with one attached hydrogen (secondary N) is 1. The fourth-order valence-electron chi connectivity index (χ4n) is 4.49. The number of esters is 1. The minimum atomic E-state index is -0.962. The van der Waals surface area contributed by atoms with Crippen molar-refractivity contribution in [1.82, 2.24) is 14.3 Å². The molecule has 9 heteroatoms. The van der Waals surface area contributed by atoms with Crippen LogP contribution in [0.4, 0.5) is 5.69 Å². The molecular weight excluding hydrogens is 448 g/mol. The zero-order valence-electron chi connectivity index (χ0n) is 20.2. The molecule has 35 heavy (non-hydrogen) atoms. The van der Waals surface area contributed by atoms with Crippen molar-refractivity contribution in [3.05, 3.63) is 46.9 Å². The molecule has 9 nitrogen and oxygen atoms in total. The van der Waals surface area contributed by atoms with Crippen molar-refractivity contribution >= 4 is 44.9 Å². The first kappa shape index (κ1) is 24.4. The first-order valence-corrected chi connectivity index (χ1v) is 11.9. The Kier molecular flexibility index (Phi) is 7.16. The van der Waals surface area contributed by atoms with Gasteiger partial charge in [0.2, 0.25) is 0 Å². The summed E-state index contributed by atoms with van der Waals surface area (Å²) in [7, 11) is 0. The molecular formula is C26H30N4O5. The predicted molar refractivity (Wildman–Crippen MR) is 136 cm³/mol. The number of benzene rings is 2. The molecule has 0 aliphatic carbocycles. The van der Waals surface area contributed by atoms with Gasteiger partial charge in [-0.3, -0.25) is 18.8 Å². The summed E-state index contributed by atoms with van der Waals surface area (Å²) in [5.74, 6) is -1.60. The third-order valence-corrected chi connectivity index (χ3v) is 6.32. The molecule has 0 saturated carbocycles. The molecule has 1 unspecified atom stereocenters. The summed E-state index contributed by atoms with van der Waals surface area (Å²) in [5, 5.41) is 13.3. The van der Waals surface area contributed by atoms with Gasteiger partial charge in [-0.1, -0.05) is 20.8 Å². The molecule has 0 aliphatic rings. The van der Waals surface area contributed by atoms with Crippen LogP contribution in [0.3, 0.4) is 0 Å². The number of aliphatic carboxylic acids is 1. The SMILES string of the molecule is CCN(CC)CCNc1ccc2ncn3c4ccc(OC(=O)CC(C)CC(=O)O)cc4c(=O)c1c23. The number of anilines is 1. The predicted octanol–water partition coefficient (Wildman–Crippen LogP) is 3.60. The Hall–Kier alpha value is -3.72. The smallest absolute Gasteiger partial charge is 0.311 e. The molecule has 0 aliphatic heterocycles. The lowest BCUT2D eigenvalue weighted by atomic mass is 10.0. The van der Waals surface area contributed by atoms with Crippen LogP contribution in [0.15, 0.2) is 41.5 Å². The van der Waals surface area contributed by atoms with Crippen molar-refractivity contribution < 1.29 is 19.4 Å². The number of fused-ring (bicyclic) bond motifs is 2. The fraction of sp³-hybridized carbons (Fsp3) is 0.385. The standard InChI is InChI=1S/C26H30N4O5/c1-4-29(5-2)11-10-27-19-7-8-20-25-24(19)26(34)18-14-17(6-9-21(18)30(25)15-28-20)35-23(33)13-16(3)12-22(31)32/h6-9,14-16,27H,4-5,10-13H2,1-3H3,(H,31,32). The van der Waals surface area contributed by atoms with Crippen LogP contribution in [-0.2, 0) is 9.59 Å². The zero-order valence-corrected chi connectivity index (χ0v) is 20.2. The van der Waals surface area contributed by atoms with Crippen LogP contribution in [0, 0.1) is 5.92 Å². The second-order valence-corrected chi connectivity index (χ2v) is 8.81. The van der Waals surface area contributed by atoms with E-state index in [9.17, 15) is 14.4 Å². The lowest BCUT2D eigenvalue weighted by Crippen LogP contribution is -2.28. The third kappa shape index (κ3) is 5.05. The molecule has 184 valence electrons. The molecule has 4 rings (SSSR count). The van der Waals surface area contributed by atoms with Gasteiger partial charge in [-0.05, 0) is 49.3 Å². The monoisotopic (exact) mass is 478 g/mol. The summed E-state index contributed by atoms with van der Waals surface area (Å²) in [6.07, 6.45) is 1.55. The molecule has 2 aromatic carbocycles. The van der Waals surface area contributed by atoms with Gasteiger partial charge in [0, 0.05) is 31.6 Å². The van der Waals surface area contributed by atoms with Gasteiger partial charge >= 0.3 is 11.9 Å². The normalized spacial score (nSPS) is 12.6. The van der Waals surface area contributed by atoms with Crippen molar-refractivity contribution in [3.8, 4) is 5.75 Å². The van der Waals surface area contributed by atoms with E-state index in [0.29, 0.717) is 22.8 Å². The number of carbonyl (C=O) groups is 2. The molecule has 4 aromatic rings. The highest BCUT2D eigenvalue weighted by Crippen LogP contribution is 2.30. The number of ether oxygens (including phenoxy) is 1. The summed E-state index contributed by atoms with van der Waals surface area (Å²) in [6, 6.07) is 8.73. The number of carbonyl (C=O) groups excluding carboxylic acids is 1. The Balaban J connectivity index is 1.69. The van der Waals surface area contributed by atoms with E-state index in [0.717, 1.165) is 36.4 Å². The van der Waals surface area contributed by atoms with Gasteiger partial charge < -0.3 is 20.1 Å². The summed E-state index contributed by atoms with van der Waals surface area (Å²) in [4.78, 5) is 43.6. The first-order valence-electron chi connectivity index (χ1n) is 11.9. The highest BCUT2D eigenvalue weighted by atomic mass is 16.5. The summed E-state index contributed by atoms with van der Waals surface area (Å²) >= 11 is 0. The van der Waals surface area contributed by atoms with Crippen LogP contribution >= 0.6 is 0 Å². The van der Waals surface area contributed by atoms with Gasteiger partial charge in [-0.2, -0.15) is 0 Å². The van der Waals surface area contributed by atoms with Gasteiger partial charge in [0.05, 0.1) is 27.3 Å². The number of pyridine rings is 1. The molecule has 2 N–H and O–H groups in total. The molecule has 0 spiro atoms.